The fourth-order valence-corrected chi connectivity index (χ4v) is 2.75. The number of hydrogen-bond donors (Lipinski definition) is 1. The lowest BCUT2D eigenvalue weighted by Crippen LogP contribution is -2.30. The summed E-state index contributed by atoms with van der Waals surface area (Å²) in [5.41, 5.74) is 7.37. The number of hydrogen-bond acceptors (Lipinski definition) is 4. The average Bonchev–Trinajstić information content (AvgIpc) is 2.75. The molecule has 2 N–H and O–H groups in total. The van der Waals surface area contributed by atoms with E-state index >= 15 is 0 Å². The minimum atomic E-state index is -0.488. The Morgan fingerprint density at radius 2 is 1.30 bits per heavy atom. The number of nitrogens with two attached hydrogens (primary N) is 1. The van der Waals surface area contributed by atoms with E-state index in [0.717, 1.165) is 5.75 Å². The molecule has 0 bridgehead atoms. The van der Waals surface area contributed by atoms with Crippen LogP contribution in [0.1, 0.15) is 26.3 Å². The maximum Gasteiger partial charge on any atom is 0.253 e. The molecule has 0 saturated carbocycles. The third kappa shape index (κ3) is 5.61. The van der Waals surface area contributed by atoms with Crippen molar-refractivity contribution in [2.45, 2.75) is 6.92 Å². The summed E-state index contributed by atoms with van der Waals surface area (Å²) in [6.07, 6.45) is 0. The molecule has 0 heterocycles. The van der Waals surface area contributed by atoms with Crippen molar-refractivity contribution in [2.75, 3.05) is 20.2 Å². The smallest absolute Gasteiger partial charge is 0.253 e. The summed E-state index contributed by atoms with van der Waals surface area (Å²) in [5, 5.41) is 0. The highest BCUT2D eigenvalue weighted by Gasteiger charge is 2.12. The zero-order chi connectivity index (χ0) is 21.5. The largest absolute Gasteiger partial charge is 0.492 e. The topological polar surface area (TPSA) is 81.9 Å². The number of likely N-dealkylation sites (N-methyl/N-ethyl adjacent to an activating group) is 1. The monoisotopic (exact) mass is 404 g/mol. The van der Waals surface area contributed by atoms with Crippen molar-refractivity contribution in [3.05, 3.63) is 89.5 Å². The third-order valence-corrected chi connectivity index (χ3v) is 4.54. The minimum Gasteiger partial charge on any atom is -0.492 e. The number of aryl methyl sites for hydroxylation is 1. The lowest BCUT2D eigenvalue weighted by Gasteiger charge is -2.18. The van der Waals surface area contributed by atoms with E-state index in [2.05, 4.69) is 0 Å². The van der Waals surface area contributed by atoms with E-state index in [1.165, 1.54) is 5.56 Å². The summed E-state index contributed by atoms with van der Waals surface area (Å²) in [5.74, 6) is 1.36. The van der Waals surface area contributed by atoms with Gasteiger partial charge >= 0.3 is 0 Å². The molecule has 0 aromatic heterocycles. The molecule has 0 fully saturated rings. The number of carbonyl (C=O) groups excluding carboxylic acids is 2. The van der Waals surface area contributed by atoms with Crippen LogP contribution >= 0.6 is 0 Å². The van der Waals surface area contributed by atoms with E-state index in [4.69, 9.17) is 15.2 Å². The van der Waals surface area contributed by atoms with Gasteiger partial charge in [0.15, 0.2) is 0 Å². The van der Waals surface area contributed by atoms with Gasteiger partial charge in [0.05, 0.1) is 6.54 Å². The van der Waals surface area contributed by atoms with Crippen LogP contribution in [0, 0.1) is 6.92 Å². The predicted molar refractivity (Wildman–Crippen MR) is 115 cm³/mol. The van der Waals surface area contributed by atoms with Gasteiger partial charge in [-0.15, -0.1) is 0 Å². The first-order chi connectivity index (χ1) is 14.4. The maximum absolute atomic E-state index is 12.6. The van der Waals surface area contributed by atoms with Crippen LogP contribution in [0.25, 0.3) is 0 Å². The zero-order valence-electron chi connectivity index (χ0n) is 17.0. The van der Waals surface area contributed by atoms with Crippen LogP contribution < -0.4 is 15.2 Å². The van der Waals surface area contributed by atoms with Crippen LogP contribution in [0.15, 0.2) is 72.8 Å². The van der Waals surface area contributed by atoms with Gasteiger partial charge in [0.1, 0.15) is 23.9 Å². The summed E-state index contributed by atoms with van der Waals surface area (Å²) in [6.45, 7) is 2.90. The lowest BCUT2D eigenvalue weighted by molar-refractivity contribution is 0.0773. The first kappa shape index (κ1) is 20.9. The number of benzene rings is 3. The van der Waals surface area contributed by atoms with Crippen molar-refractivity contribution in [2.24, 2.45) is 5.73 Å². The van der Waals surface area contributed by atoms with Crippen molar-refractivity contribution in [1.82, 2.24) is 4.90 Å². The number of primary amides is 1. The second kappa shape index (κ2) is 9.60. The van der Waals surface area contributed by atoms with Crippen LogP contribution in [0.3, 0.4) is 0 Å². The van der Waals surface area contributed by atoms with E-state index in [1.807, 2.05) is 31.2 Å². The summed E-state index contributed by atoms with van der Waals surface area (Å²) < 4.78 is 11.4. The first-order valence-corrected chi connectivity index (χ1v) is 9.55. The standard InChI is InChI=1S/C24H24N2O4/c1-17-3-9-20(10-4-17)29-16-15-26(2)24(28)19-7-13-22(14-8-19)30-21-11-5-18(6-12-21)23(25)27/h3-14H,15-16H2,1-2H3,(H2,25,27). The zero-order valence-corrected chi connectivity index (χ0v) is 17.0. The summed E-state index contributed by atoms with van der Waals surface area (Å²) in [6, 6.07) is 21.2. The van der Waals surface area contributed by atoms with Gasteiger partial charge in [-0.1, -0.05) is 17.7 Å². The van der Waals surface area contributed by atoms with Crippen molar-refractivity contribution < 1.29 is 19.1 Å². The van der Waals surface area contributed by atoms with E-state index in [0.29, 0.717) is 35.8 Å². The van der Waals surface area contributed by atoms with E-state index in [9.17, 15) is 9.59 Å². The molecule has 3 aromatic rings. The van der Waals surface area contributed by atoms with Crippen LogP contribution in [-0.2, 0) is 0 Å². The number of nitrogens with zero attached hydrogens (tertiary/aromatic N) is 1. The molecule has 0 radical (unpaired) electrons. The Morgan fingerprint density at radius 1 is 0.800 bits per heavy atom. The third-order valence-electron chi connectivity index (χ3n) is 4.54. The number of amides is 2. The molecule has 0 aliphatic carbocycles. The van der Waals surface area contributed by atoms with Gasteiger partial charge in [0.2, 0.25) is 5.91 Å². The quantitative estimate of drug-likeness (QED) is 0.614. The average molecular weight is 404 g/mol. The van der Waals surface area contributed by atoms with Crippen molar-refractivity contribution >= 4 is 11.8 Å². The molecule has 0 aliphatic heterocycles. The van der Waals surface area contributed by atoms with Crippen LogP contribution in [0.4, 0.5) is 0 Å². The minimum absolute atomic E-state index is 0.0973. The van der Waals surface area contributed by atoms with Crippen LogP contribution in [0.5, 0.6) is 17.2 Å². The molecule has 0 atom stereocenters. The van der Waals surface area contributed by atoms with Crippen molar-refractivity contribution in [1.29, 1.82) is 0 Å². The molecule has 0 aliphatic rings. The molecule has 0 unspecified atom stereocenters. The van der Waals surface area contributed by atoms with Gasteiger partial charge in [-0.3, -0.25) is 9.59 Å². The Morgan fingerprint density at radius 3 is 1.83 bits per heavy atom. The highest BCUT2D eigenvalue weighted by Crippen LogP contribution is 2.22. The van der Waals surface area contributed by atoms with E-state index < -0.39 is 5.91 Å². The molecule has 0 saturated heterocycles. The highest BCUT2D eigenvalue weighted by molar-refractivity contribution is 5.94. The van der Waals surface area contributed by atoms with Crippen molar-refractivity contribution in [3.8, 4) is 17.2 Å². The molecular formula is C24H24N2O4. The molecule has 2 amide bonds. The lowest BCUT2D eigenvalue weighted by atomic mass is 10.2. The Labute approximate surface area is 175 Å². The van der Waals surface area contributed by atoms with Gasteiger partial charge in [-0.2, -0.15) is 0 Å². The predicted octanol–water partition coefficient (Wildman–Crippen LogP) is 4.04. The second-order valence-electron chi connectivity index (χ2n) is 6.90. The van der Waals surface area contributed by atoms with Crippen LogP contribution in [0.2, 0.25) is 0 Å². The molecule has 3 aromatic carbocycles. The van der Waals surface area contributed by atoms with Gasteiger partial charge in [-0.05, 0) is 67.6 Å². The molecule has 0 spiro atoms. The number of carbonyl (C=O) groups is 2. The molecule has 6 nitrogen and oxygen atoms in total. The Hall–Kier alpha value is -3.80. The molecule has 30 heavy (non-hydrogen) atoms. The molecule has 3 rings (SSSR count). The van der Waals surface area contributed by atoms with Gasteiger partial charge in [-0.25, -0.2) is 0 Å². The fourth-order valence-electron chi connectivity index (χ4n) is 2.75. The summed E-state index contributed by atoms with van der Waals surface area (Å²) in [4.78, 5) is 25.3. The first-order valence-electron chi connectivity index (χ1n) is 9.55. The summed E-state index contributed by atoms with van der Waals surface area (Å²) in [7, 11) is 1.74. The second-order valence-corrected chi connectivity index (χ2v) is 6.90. The summed E-state index contributed by atoms with van der Waals surface area (Å²) >= 11 is 0. The van der Waals surface area contributed by atoms with E-state index in [-0.39, 0.29) is 5.91 Å². The maximum atomic E-state index is 12.6. The Balaban J connectivity index is 1.52. The fraction of sp³-hybridized carbons (Fsp3) is 0.167. The van der Waals surface area contributed by atoms with Gasteiger partial charge in [0, 0.05) is 18.2 Å². The highest BCUT2D eigenvalue weighted by atomic mass is 16.5. The number of rotatable bonds is 8. The normalized spacial score (nSPS) is 10.3. The number of ether oxygens (including phenoxy) is 2. The molecule has 6 heteroatoms. The van der Waals surface area contributed by atoms with Gasteiger partial charge < -0.3 is 20.1 Å². The Bertz CT molecular complexity index is 997. The molecular weight excluding hydrogens is 380 g/mol. The SMILES string of the molecule is Cc1ccc(OCCN(C)C(=O)c2ccc(Oc3ccc(C(N)=O)cc3)cc2)cc1. The van der Waals surface area contributed by atoms with Crippen molar-refractivity contribution in [3.63, 3.8) is 0 Å². The van der Waals surface area contributed by atoms with Crippen LogP contribution in [-0.4, -0.2) is 36.9 Å². The van der Waals surface area contributed by atoms with E-state index in [1.54, 1.807) is 60.5 Å². The molecule has 154 valence electrons. The van der Waals surface area contributed by atoms with Gasteiger partial charge in [0.25, 0.3) is 5.91 Å². The Kier molecular flexibility index (Phi) is 6.70.